The summed E-state index contributed by atoms with van der Waals surface area (Å²) in [6.45, 7) is 11.0. The van der Waals surface area contributed by atoms with Gasteiger partial charge in [-0.2, -0.15) is 4.90 Å². The molecule has 0 saturated heterocycles. The predicted molar refractivity (Wildman–Crippen MR) is 100 cm³/mol. The number of amides is 2. The van der Waals surface area contributed by atoms with E-state index in [0.717, 1.165) is 0 Å². The highest BCUT2D eigenvalue weighted by Gasteiger charge is 2.40. The lowest BCUT2D eigenvalue weighted by molar-refractivity contribution is -0.427. The number of nitro groups is 1. The van der Waals surface area contributed by atoms with E-state index in [1.54, 1.807) is 48.5 Å². The van der Waals surface area contributed by atoms with Crippen LogP contribution in [0.2, 0.25) is 0 Å². The smallest absolute Gasteiger partial charge is 0.420 e. The molecule has 2 amide bonds. The van der Waals surface area contributed by atoms with Crippen molar-refractivity contribution in [3.63, 3.8) is 0 Å². The fourth-order valence-electron chi connectivity index (χ4n) is 2.07. The number of hydrogen-bond donors (Lipinski definition) is 1. The molecule has 1 N–H and O–H groups in total. The van der Waals surface area contributed by atoms with Crippen LogP contribution in [-0.4, -0.2) is 50.3 Å². The summed E-state index contributed by atoms with van der Waals surface area (Å²) in [5, 5.41) is 20.4. The Morgan fingerprint density at radius 3 is 1.79 bits per heavy atom. The zero-order chi connectivity index (χ0) is 22.3. The molecule has 0 heterocycles. The van der Waals surface area contributed by atoms with Crippen molar-refractivity contribution in [3.8, 4) is 0 Å². The Morgan fingerprint density at radius 1 is 1.07 bits per heavy atom. The van der Waals surface area contributed by atoms with Gasteiger partial charge in [-0.3, -0.25) is 10.1 Å². The average molecular weight is 402 g/mol. The molecule has 0 aliphatic heterocycles. The van der Waals surface area contributed by atoms with Crippen molar-refractivity contribution in [2.24, 2.45) is 0 Å². The van der Waals surface area contributed by atoms with Crippen molar-refractivity contribution < 1.29 is 33.9 Å². The first-order valence-corrected chi connectivity index (χ1v) is 8.90. The van der Waals surface area contributed by atoms with Crippen LogP contribution in [0.5, 0.6) is 0 Å². The minimum Gasteiger partial charge on any atom is -0.480 e. The molecule has 10 heteroatoms. The van der Waals surface area contributed by atoms with Crippen LogP contribution >= 0.6 is 0 Å². The molecule has 0 aromatic carbocycles. The summed E-state index contributed by atoms with van der Waals surface area (Å²) in [6.07, 6.45) is -1.15. The van der Waals surface area contributed by atoms with Gasteiger partial charge in [0.05, 0.1) is 4.92 Å². The zero-order valence-electron chi connectivity index (χ0n) is 17.5. The second-order valence-corrected chi connectivity index (χ2v) is 8.07. The summed E-state index contributed by atoms with van der Waals surface area (Å²) < 4.78 is 10.3. The summed E-state index contributed by atoms with van der Waals surface area (Å²) in [4.78, 5) is 47.5. The van der Waals surface area contributed by atoms with Gasteiger partial charge in [0.25, 0.3) is 0 Å². The Hall–Kier alpha value is -2.65. The topological polar surface area (TPSA) is 136 Å². The number of hydrogen-bond acceptors (Lipinski definition) is 7. The molecule has 0 rings (SSSR count). The van der Waals surface area contributed by atoms with Gasteiger partial charge in [0.15, 0.2) is 0 Å². The van der Waals surface area contributed by atoms with Crippen molar-refractivity contribution in [2.75, 3.05) is 0 Å². The van der Waals surface area contributed by atoms with Gasteiger partial charge >= 0.3 is 18.2 Å². The highest BCUT2D eigenvalue weighted by Crippen LogP contribution is 2.20. The maximum absolute atomic E-state index is 12.5. The minimum atomic E-state index is -1.61. The first-order chi connectivity index (χ1) is 12.6. The molecule has 0 unspecified atom stereocenters. The van der Waals surface area contributed by atoms with Crippen molar-refractivity contribution >= 4 is 18.2 Å². The lowest BCUT2D eigenvalue weighted by Gasteiger charge is -2.31. The molecule has 0 bridgehead atoms. The lowest BCUT2D eigenvalue weighted by atomic mass is 10.1. The molecule has 0 aliphatic carbocycles. The minimum absolute atomic E-state index is 0.0246. The van der Waals surface area contributed by atoms with Crippen LogP contribution < -0.4 is 0 Å². The second kappa shape index (κ2) is 10.0. The van der Waals surface area contributed by atoms with Crippen molar-refractivity contribution in [3.05, 3.63) is 21.9 Å². The van der Waals surface area contributed by atoms with Gasteiger partial charge in [0.1, 0.15) is 17.2 Å². The number of allylic oxidation sites excluding steroid dienone is 2. The lowest BCUT2D eigenvalue weighted by Crippen LogP contribution is -2.51. The van der Waals surface area contributed by atoms with Crippen LogP contribution in [0.15, 0.2) is 11.8 Å². The number of rotatable bonds is 7. The molecular formula is C18H30N2O8. The van der Waals surface area contributed by atoms with E-state index in [9.17, 15) is 29.6 Å². The van der Waals surface area contributed by atoms with Crippen LogP contribution in [0.3, 0.4) is 0 Å². The maximum Gasteiger partial charge on any atom is 0.420 e. The van der Waals surface area contributed by atoms with E-state index in [0.29, 0.717) is 4.90 Å². The summed E-state index contributed by atoms with van der Waals surface area (Å²) in [7, 11) is 0. The monoisotopic (exact) mass is 402 g/mol. The second-order valence-electron chi connectivity index (χ2n) is 8.07. The number of carbonyl (C=O) groups excluding carboxylic acids is 2. The van der Waals surface area contributed by atoms with Gasteiger partial charge in [-0.1, -0.05) is 6.92 Å². The van der Waals surface area contributed by atoms with Crippen molar-refractivity contribution in [1.82, 2.24) is 4.90 Å². The number of ether oxygens (including phenoxy) is 2. The largest absolute Gasteiger partial charge is 0.480 e. The quantitative estimate of drug-likeness (QED) is 0.499. The summed E-state index contributed by atoms with van der Waals surface area (Å²) >= 11 is 0. The molecule has 10 nitrogen and oxygen atoms in total. The number of carbonyl (C=O) groups is 3. The average Bonchev–Trinajstić information content (AvgIpc) is 2.45. The molecule has 160 valence electrons. The van der Waals surface area contributed by atoms with Crippen LogP contribution in [0.25, 0.3) is 0 Å². The van der Waals surface area contributed by atoms with Crippen molar-refractivity contribution in [1.29, 1.82) is 0 Å². The standard InChI is InChI=1S/C18H30N2O8/c1-8-12(20(25)26)10-9-11-13(14(21)22)19(15(23)27-17(2,3)4)16(24)28-18(5,6)7/h10,13H,8-9,11H2,1-7H3,(H,21,22)/t13-/m0/s1. The Morgan fingerprint density at radius 2 is 1.50 bits per heavy atom. The van der Waals surface area contributed by atoms with Crippen LogP contribution in [0.1, 0.15) is 67.7 Å². The SMILES string of the molecule is CCC(=CCC[C@@H](C(=O)O)N(C(=O)OC(C)(C)C)C(=O)OC(C)(C)C)[N+](=O)[O-]. The van der Waals surface area contributed by atoms with E-state index >= 15 is 0 Å². The molecule has 0 aliphatic rings. The van der Waals surface area contributed by atoms with E-state index in [4.69, 9.17) is 9.47 Å². The number of imide groups is 1. The predicted octanol–water partition coefficient (Wildman–Crippen LogP) is 3.96. The highest BCUT2D eigenvalue weighted by atomic mass is 16.6. The molecule has 0 aromatic rings. The third-order valence-corrected chi connectivity index (χ3v) is 3.19. The van der Waals surface area contributed by atoms with Gasteiger partial charge in [-0.25, -0.2) is 14.4 Å². The zero-order valence-corrected chi connectivity index (χ0v) is 17.5. The maximum atomic E-state index is 12.5. The van der Waals surface area contributed by atoms with E-state index in [1.165, 1.54) is 6.08 Å². The molecule has 0 aromatic heterocycles. The number of carboxylic acid groups (broad SMARTS) is 1. The normalized spacial score (nSPS) is 13.5. The van der Waals surface area contributed by atoms with E-state index in [2.05, 4.69) is 0 Å². The van der Waals surface area contributed by atoms with E-state index < -0.39 is 40.3 Å². The molecule has 0 fully saturated rings. The Kier molecular flexibility index (Phi) is 9.10. The third-order valence-electron chi connectivity index (χ3n) is 3.19. The van der Waals surface area contributed by atoms with Crippen molar-refractivity contribution in [2.45, 2.75) is 85.0 Å². The molecule has 1 atom stereocenters. The van der Waals surface area contributed by atoms with Gasteiger partial charge in [-0.05, 0) is 60.5 Å². The first kappa shape index (κ1) is 25.4. The first-order valence-electron chi connectivity index (χ1n) is 8.90. The number of aliphatic carboxylic acids is 1. The fraction of sp³-hybridized carbons (Fsp3) is 0.722. The van der Waals surface area contributed by atoms with Gasteiger partial charge in [0, 0.05) is 6.42 Å². The summed E-state index contributed by atoms with van der Waals surface area (Å²) in [6, 6.07) is -1.61. The van der Waals surface area contributed by atoms with Crippen LogP contribution in [-0.2, 0) is 14.3 Å². The third kappa shape index (κ3) is 9.33. The molecule has 0 radical (unpaired) electrons. The van der Waals surface area contributed by atoms with Crippen LogP contribution in [0.4, 0.5) is 9.59 Å². The fourth-order valence-corrected chi connectivity index (χ4v) is 2.07. The van der Waals surface area contributed by atoms with Gasteiger partial charge in [0.2, 0.25) is 5.70 Å². The Labute approximate surface area is 164 Å². The molecule has 0 spiro atoms. The van der Waals surface area contributed by atoms with E-state index in [-0.39, 0.29) is 25.0 Å². The Balaban J connectivity index is 5.74. The molecular weight excluding hydrogens is 372 g/mol. The number of nitrogens with zero attached hydrogens (tertiary/aromatic N) is 2. The Bertz CT molecular complexity index is 600. The van der Waals surface area contributed by atoms with Gasteiger partial charge < -0.3 is 14.6 Å². The number of carboxylic acids is 1. The highest BCUT2D eigenvalue weighted by molar-refractivity contribution is 5.93. The van der Waals surface area contributed by atoms with Gasteiger partial charge in [-0.15, -0.1) is 0 Å². The van der Waals surface area contributed by atoms with E-state index in [1.807, 2.05) is 0 Å². The molecule has 28 heavy (non-hydrogen) atoms. The summed E-state index contributed by atoms with van der Waals surface area (Å²) in [5.74, 6) is -1.45. The molecule has 0 saturated carbocycles. The summed E-state index contributed by atoms with van der Waals surface area (Å²) in [5.41, 5.74) is -2.02. The van der Waals surface area contributed by atoms with Crippen LogP contribution in [0, 0.1) is 10.1 Å².